The number of fused-ring (bicyclic) bond motifs is 1. The highest BCUT2D eigenvalue weighted by molar-refractivity contribution is 5.37. The highest BCUT2D eigenvalue weighted by atomic mass is 16.5. The van der Waals surface area contributed by atoms with Crippen LogP contribution in [0.25, 0.3) is 0 Å². The molecule has 2 atom stereocenters. The maximum absolute atomic E-state index is 9.74. The summed E-state index contributed by atoms with van der Waals surface area (Å²) in [5.41, 5.74) is 2.98. The summed E-state index contributed by atoms with van der Waals surface area (Å²) in [7, 11) is 1.61. The fraction of sp³-hybridized carbons (Fsp3) is 0.600. The van der Waals surface area contributed by atoms with E-state index in [1.54, 1.807) is 7.11 Å². The average molecular weight is 249 g/mol. The third kappa shape index (κ3) is 2.74. The van der Waals surface area contributed by atoms with Gasteiger partial charge in [-0.2, -0.15) is 0 Å². The van der Waals surface area contributed by atoms with Crippen LogP contribution in [0, 0.1) is 5.41 Å². The van der Waals surface area contributed by atoms with Gasteiger partial charge in [-0.05, 0) is 23.0 Å². The Morgan fingerprint density at radius 2 is 2.17 bits per heavy atom. The van der Waals surface area contributed by atoms with Gasteiger partial charge >= 0.3 is 0 Å². The summed E-state index contributed by atoms with van der Waals surface area (Å²) in [5.74, 6) is 0. The molecule has 2 rings (SSSR count). The van der Waals surface area contributed by atoms with Crippen LogP contribution in [0.15, 0.2) is 24.3 Å². The van der Waals surface area contributed by atoms with Crippen molar-refractivity contribution in [1.82, 2.24) is 5.32 Å². The van der Waals surface area contributed by atoms with Crippen LogP contribution < -0.4 is 5.32 Å². The largest absolute Gasteiger partial charge is 0.389 e. The lowest BCUT2D eigenvalue weighted by Crippen LogP contribution is -2.37. The molecule has 0 saturated carbocycles. The highest BCUT2D eigenvalue weighted by Gasteiger charge is 2.38. The molecule has 3 nitrogen and oxygen atoms in total. The molecule has 2 N–H and O–H groups in total. The van der Waals surface area contributed by atoms with Crippen molar-refractivity contribution in [3.05, 3.63) is 35.4 Å². The second kappa shape index (κ2) is 5.39. The zero-order valence-electron chi connectivity index (χ0n) is 11.4. The summed E-state index contributed by atoms with van der Waals surface area (Å²) in [4.78, 5) is 0. The minimum Gasteiger partial charge on any atom is -0.389 e. The Bertz CT molecular complexity index is 403. The topological polar surface area (TPSA) is 41.5 Å². The van der Waals surface area contributed by atoms with Crippen LogP contribution in [0.3, 0.4) is 0 Å². The van der Waals surface area contributed by atoms with E-state index in [4.69, 9.17) is 4.74 Å². The molecular weight excluding hydrogens is 226 g/mol. The molecule has 0 aromatic heterocycles. The van der Waals surface area contributed by atoms with Gasteiger partial charge in [-0.1, -0.05) is 38.1 Å². The number of aliphatic hydroxyl groups is 1. The average Bonchev–Trinajstić information content (AvgIpc) is 2.56. The summed E-state index contributed by atoms with van der Waals surface area (Å²) >= 11 is 0. The molecule has 0 bridgehead atoms. The predicted molar refractivity (Wildman–Crippen MR) is 72.6 cm³/mol. The normalized spacial score (nSPS) is 22.8. The van der Waals surface area contributed by atoms with E-state index in [0.29, 0.717) is 19.2 Å². The highest BCUT2D eigenvalue weighted by Crippen LogP contribution is 2.44. The van der Waals surface area contributed by atoms with Gasteiger partial charge in [0, 0.05) is 19.7 Å². The van der Waals surface area contributed by atoms with E-state index in [0.717, 1.165) is 6.42 Å². The van der Waals surface area contributed by atoms with E-state index in [1.807, 2.05) is 0 Å². The molecule has 0 amide bonds. The van der Waals surface area contributed by atoms with Crippen molar-refractivity contribution in [2.24, 2.45) is 5.41 Å². The van der Waals surface area contributed by atoms with Crippen molar-refractivity contribution in [2.45, 2.75) is 32.4 Å². The van der Waals surface area contributed by atoms with Gasteiger partial charge in [-0.25, -0.2) is 0 Å². The number of ether oxygens (including phenoxy) is 1. The molecule has 1 aliphatic carbocycles. The molecule has 18 heavy (non-hydrogen) atoms. The first kappa shape index (κ1) is 13.5. The van der Waals surface area contributed by atoms with E-state index >= 15 is 0 Å². The minimum absolute atomic E-state index is 0.191. The van der Waals surface area contributed by atoms with Crippen LogP contribution >= 0.6 is 0 Å². The first-order valence-electron chi connectivity index (χ1n) is 6.53. The van der Waals surface area contributed by atoms with Crippen LogP contribution in [0.1, 0.15) is 31.0 Å². The Morgan fingerprint density at radius 3 is 2.89 bits per heavy atom. The molecule has 0 heterocycles. The summed E-state index contributed by atoms with van der Waals surface area (Å²) in [6, 6.07) is 8.87. The molecule has 2 unspecified atom stereocenters. The number of aliphatic hydroxyl groups excluding tert-OH is 1. The zero-order chi connectivity index (χ0) is 13.2. The minimum atomic E-state index is -0.446. The third-order valence-electron chi connectivity index (χ3n) is 3.71. The van der Waals surface area contributed by atoms with Gasteiger partial charge in [0.2, 0.25) is 0 Å². The first-order chi connectivity index (χ1) is 8.54. The second-order valence-electron chi connectivity index (χ2n) is 5.81. The zero-order valence-corrected chi connectivity index (χ0v) is 11.4. The third-order valence-corrected chi connectivity index (χ3v) is 3.71. The van der Waals surface area contributed by atoms with Crippen molar-refractivity contribution in [1.29, 1.82) is 0 Å². The lowest BCUT2D eigenvalue weighted by atomic mass is 9.85. The number of rotatable bonds is 5. The van der Waals surface area contributed by atoms with E-state index in [-0.39, 0.29) is 5.41 Å². The Labute approximate surface area is 109 Å². The monoisotopic (exact) mass is 249 g/mol. The molecular formula is C15H23NO2. The maximum atomic E-state index is 9.74. The van der Waals surface area contributed by atoms with Crippen molar-refractivity contribution in [3.63, 3.8) is 0 Å². The van der Waals surface area contributed by atoms with E-state index in [9.17, 15) is 5.11 Å². The molecule has 0 saturated heterocycles. The Balaban J connectivity index is 2.06. The van der Waals surface area contributed by atoms with Crippen LogP contribution in [0.5, 0.6) is 0 Å². The number of methoxy groups -OCH3 is 1. The molecule has 1 aromatic carbocycles. The van der Waals surface area contributed by atoms with Gasteiger partial charge in [0.15, 0.2) is 0 Å². The number of nitrogens with one attached hydrogen (secondary N) is 1. The van der Waals surface area contributed by atoms with Gasteiger partial charge in [-0.15, -0.1) is 0 Å². The lowest BCUT2D eigenvalue weighted by molar-refractivity contribution is 0.0593. The summed E-state index contributed by atoms with van der Waals surface area (Å²) in [6.45, 7) is 5.48. The predicted octanol–water partition coefficient (Wildman–Crippen LogP) is 1.91. The Morgan fingerprint density at radius 1 is 1.44 bits per heavy atom. The molecule has 0 fully saturated rings. The Hall–Kier alpha value is -0.900. The SMILES string of the molecule is COCC(O)CNC1c2ccccc2CC1(C)C. The van der Waals surface area contributed by atoms with Crippen molar-refractivity contribution in [2.75, 3.05) is 20.3 Å². The maximum Gasteiger partial charge on any atom is 0.0897 e. The summed E-state index contributed by atoms with van der Waals surface area (Å²) in [5, 5.41) is 13.2. The van der Waals surface area contributed by atoms with Gasteiger partial charge < -0.3 is 15.2 Å². The lowest BCUT2D eigenvalue weighted by Gasteiger charge is -2.29. The van der Waals surface area contributed by atoms with Crippen molar-refractivity contribution in [3.8, 4) is 0 Å². The second-order valence-corrected chi connectivity index (χ2v) is 5.81. The molecule has 3 heteroatoms. The van der Waals surface area contributed by atoms with Crippen molar-refractivity contribution < 1.29 is 9.84 Å². The quantitative estimate of drug-likeness (QED) is 0.837. The molecule has 0 aliphatic heterocycles. The fourth-order valence-electron chi connectivity index (χ4n) is 2.88. The first-order valence-corrected chi connectivity index (χ1v) is 6.53. The van der Waals surface area contributed by atoms with Gasteiger partial charge in [0.05, 0.1) is 12.7 Å². The fourth-order valence-corrected chi connectivity index (χ4v) is 2.88. The summed E-state index contributed by atoms with van der Waals surface area (Å²) < 4.78 is 4.95. The number of benzene rings is 1. The smallest absolute Gasteiger partial charge is 0.0897 e. The Kier molecular flexibility index (Phi) is 4.05. The van der Waals surface area contributed by atoms with Crippen LogP contribution in [-0.2, 0) is 11.2 Å². The van der Waals surface area contributed by atoms with E-state index in [2.05, 4.69) is 43.4 Å². The molecule has 100 valence electrons. The van der Waals surface area contributed by atoms with Crippen molar-refractivity contribution >= 4 is 0 Å². The van der Waals surface area contributed by atoms with Gasteiger partial charge in [0.1, 0.15) is 0 Å². The van der Waals surface area contributed by atoms with Crippen LogP contribution in [0.4, 0.5) is 0 Å². The van der Waals surface area contributed by atoms with E-state index < -0.39 is 6.10 Å². The molecule has 0 spiro atoms. The number of hydrogen-bond acceptors (Lipinski definition) is 3. The standard InChI is InChI=1S/C15H23NO2/c1-15(2)8-11-6-4-5-7-13(11)14(15)16-9-12(17)10-18-3/h4-7,12,14,16-17H,8-10H2,1-3H3. The molecule has 1 aromatic rings. The summed E-state index contributed by atoms with van der Waals surface area (Å²) in [6.07, 6.45) is 0.639. The number of hydrogen-bond donors (Lipinski definition) is 2. The van der Waals surface area contributed by atoms with Gasteiger partial charge in [0.25, 0.3) is 0 Å². The molecule has 1 aliphatic rings. The molecule has 0 radical (unpaired) electrons. The van der Waals surface area contributed by atoms with Gasteiger partial charge in [-0.3, -0.25) is 0 Å². The van der Waals surface area contributed by atoms with E-state index in [1.165, 1.54) is 11.1 Å². The van der Waals surface area contributed by atoms with Crippen LogP contribution in [-0.4, -0.2) is 31.5 Å². The van der Waals surface area contributed by atoms with Crippen LogP contribution in [0.2, 0.25) is 0 Å².